The highest BCUT2D eigenvalue weighted by molar-refractivity contribution is 5.88. The summed E-state index contributed by atoms with van der Waals surface area (Å²) in [6, 6.07) is 28.6. The van der Waals surface area contributed by atoms with Gasteiger partial charge in [-0.15, -0.1) is 0 Å². The molecular formula is C29H29N3O4. The molecule has 0 unspecified atom stereocenters. The van der Waals surface area contributed by atoms with Gasteiger partial charge in [0.2, 0.25) is 0 Å². The van der Waals surface area contributed by atoms with E-state index in [4.69, 9.17) is 9.47 Å². The highest BCUT2D eigenvalue weighted by Gasteiger charge is 2.27. The van der Waals surface area contributed by atoms with E-state index < -0.39 is 18.1 Å². The van der Waals surface area contributed by atoms with Crippen molar-refractivity contribution in [3.05, 3.63) is 125 Å². The number of amides is 1. The van der Waals surface area contributed by atoms with Crippen LogP contribution >= 0.6 is 0 Å². The van der Waals surface area contributed by atoms with E-state index in [1.165, 1.54) is 7.11 Å². The summed E-state index contributed by atoms with van der Waals surface area (Å²) in [5.74, 6) is 0.0305. The maximum atomic E-state index is 12.9. The number of hydrogen-bond acceptors (Lipinski definition) is 5. The van der Waals surface area contributed by atoms with Crippen molar-refractivity contribution >= 4 is 12.1 Å². The van der Waals surface area contributed by atoms with Crippen LogP contribution in [0.2, 0.25) is 0 Å². The molecule has 184 valence electrons. The van der Waals surface area contributed by atoms with Crippen LogP contribution in [0.4, 0.5) is 4.79 Å². The average Bonchev–Trinajstić information content (AvgIpc) is 3.24. The second kappa shape index (κ2) is 11.8. The van der Waals surface area contributed by atoms with Crippen LogP contribution in [0.25, 0.3) is 0 Å². The van der Waals surface area contributed by atoms with Gasteiger partial charge in [0.1, 0.15) is 12.4 Å². The van der Waals surface area contributed by atoms with E-state index in [-0.39, 0.29) is 12.3 Å². The number of imidazole rings is 1. The topological polar surface area (TPSA) is 82.4 Å². The summed E-state index contributed by atoms with van der Waals surface area (Å²) in [6.07, 6.45) is -0.0982. The van der Waals surface area contributed by atoms with Crippen LogP contribution in [0.3, 0.4) is 0 Å². The number of nitrogens with zero attached hydrogens (tertiary/aromatic N) is 2. The molecule has 0 saturated carbocycles. The Balaban J connectivity index is 1.67. The van der Waals surface area contributed by atoms with Crippen molar-refractivity contribution in [1.82, 2.24) is 14.9 Å². The zero-order valence-electron chi connectivity index (χ0n) is 20.4. The highest BCUT2D eigenvalue weighted by atomic mass is 16.5. The van der Waals surface area contributed by atoms with E-state index in [1.807, 2.05) is 102 Å². The second-order valence-electron chi connectivity index (χ2n) is 8.42. The summed E-state index contributed by atoms with van der Waals surface area (Å²) in [5.41, 5.74) is 3.83. The van der Waals surface area contributed by atoms with E-state index in [2.05, 4.69) is 10.3 Å². The third kappa shape index (κ3) is 6.18. The van der Waals surface area contributed by atoms with E-state index in [1.54, 1.807) is 0 Å². The normalized spacial score (nSPS) is 11.5. The Morgan fingerprint density at radius 1 is 0.861 bits per heavy atom. The van der Waals surface area contributed by atoms with Crippen LogP contribution in [-0.2, 0) is 29.0 Å². The molecule has 0 radical (unpaired) electrons. The number of rotatable bonds is 9. The lowest BCUT2D eigenvalue weighted by atomic mass is 10.1. The second-order valence-corrected chi connectivity index (χ2v) is 8.42. The van der Waals surface area contributed by atoms with Gasteiger partial charge in [-0.2, -0.15) is 0 Å². The molecule has 36 heavy (non-hydrogen) atoms. The van der Waals surface area contributed by atoms with Crippen LogP contribution in [0.15, 0.2) is 91.0 Å². The molecule has 7 nitrogen and oxygen atoms in total. The molecule has 1 aromatic heterocycles. The number of ether oxygens (including phenoxy) is 2. The number of carbonyl (C=O) groups excluding carboxylic acids is 2. The molecule has 4 rings (SSSR count). The van der Waals surface area contributed by atoms with Gasteiger partial charge in [0.15, 0.2) is 5.69 Å². The Morgan fingerprint density at radius 3 is 2.00 bits per heavy atom. The van der Waals surface area contributed by atoms with Gasteiger partial charge in [0, 0.05) is 18.7 Å². The lowest BCUT2D eigenvalue weighted by molar-refractivity contribution is 0.0593. The molecule has 0 aliphatic carbocycles. The Morgan fingerprint density at radius 2 is 1.42 bits per heavy atom. The van der Waals surface area contributed by atoms with Crippen LogP contribution in [0.5, 0.6) is 0 Å². The number of carbonyl (C=O) groups is 2. The number of aromatic nitrogens is 2. The van der Waals surface area contributed by atoms with Crippen molar-refractivity contribution in [3.63, 3.8) is 0 Å². The quantitative estimate of drug-likeness (QED) is 0.329. The molecule has 0 saturated heterocycles. The molecule has 3 aromatic carbocycles. The van der Waals surface area contributed by atoms with E-state index in [9.17, 15) is 9.59 Å². The first-order valence-electron chi connectivity index (χ1n) is 11.8. The minimum atomic E-state index is -0.564. The minimum absolute atomic E-state index is 0.148. The van der Waals surface area contributed by atoms with Crippen LogP contribution in [0.1, 0.15) is 44.7 Å². The van der Waals surface area contributed by atoms with Crippen molar-refractivity contribution in [2.24, 2.45) is 0 Å². The van der Waals surface area contributed by atoms with Crippen molar-refractivity contribution < 1.29 is 19.1 Å². The third-order valence-electron chi connectivity index (χ3n) is 5.91. The molecule has 4 aromatic rings. The maximum absolute atomic E-state index is 12.9. The summed E-state index contributed by atoms with van der Waals surface area (Å²) >= 11 is 0. The molecule has 1 atom stereocenters. The molecule has 1 heterocycles. The van der Waals surface area contributed by atoms with Gasteiger partial charge in [0.25, 0.3) is 0 Å². The average molecular weight is 484 g/mol. The van der Waals surface area contributed by atoms with Crippen molar-refractivity contribution in [2.75, 3.05) is 7.11 Å². The zero-order valence-corrected chi connectivity index (χ0v) is 20.4. The summed E-state index contributed by atoms with van der Waals surface area (Å²) in [6.45, 7) is 2.46. The summed E-state index contributed by atoms with van der Waals surface area (Å²) in [7, 11) is 1.33. The summed E-state index contributed by atoms with van der Waals surface area (Å²) in [4.78, 5) is 30.0. The fourth-order valence-corrected chi connectivity index (χ4v) is 4.04. The summed E-state index contributed by atoms with van der Waals surface area (Å²) < 4.78 is 12.4. The lowest BCUT2D eigenvalue weighted by Crippen LogP contribution is -2.32. The number of alkyl carbamates (subject to hydrolysis) is 1. The predicted octanol–water partition coefficient (Wildman–Crippen LogP) is 5.24. The number of hydrogen-bond donors (Lipinski definition) is 1. The molecule has 1 amide bonds. The third-order valence-corrected chi connectivity index (χ3v) is 5.91. The number of nitrogens with one attached hydrogen (secondary N) is 1. The standard InChI is InChI=1S/C29H29N3O4/c1-21-26(28(33)35-2)31-27(32(21)19-23-14-8-4-9-15-23)25(18-22-12-6-3-7-13-22)30-29(34)36-20-24-16-10-5-11-17-24/h3-17,25H,18-20H2,1-2H3,(H,30,34)/t25-/m1/s1. The molecule has 0 aliphatic heterocycles. The smallest absolute Gasteiger partial charge is 0.408 e. The molecule has 0 spiro atoms. The Hall–Kier alpha value is -4.39. The number of esters is 1. The van der Waals surface area contributed by atoms with Gasteiger partial charge in [-0.05, 0) is 23.6 Å². The van der Waals surface area contributed by atoms with Gasteiger partial charge in [-0.25, -0.2) is 14.6 Å². The SMILES string of the molecule is COC(=O)c1nc([C@@H](Cc2ccccc2)NC(=O)OCc2ccccc2)n(Cc2ccccc2)c1C. The zero-order chi connectivity index (χ0) is 25.3. The minimum Gasteiger partial charge on any atom is -0.464 e. The fourth-order valence-electron chi connectivity index (χ4n) is 4.04. The van der Waals surface area contributed by atoms with Crippen LogP contribution in [-0.4, -0.2) is 28.7 Å². The van der Waals surface area contributed by atoms with Crippen molar-refractivity contribution in [1.29, 1.82) is 0 Å². The van der Waals surface area contributed by atoms with Gasteiger partial charge in [-0.3, -0.25) is 0 Å². The molecule has 0 bridgehead atoms. The van der Waals surface area contributed by atoms with Crippen LogP contribution < -0.4 is 5.32 Å². The molecule has 7 heteroatoms. The highest BCUT2D eigenvalue weighted by Crippen LogP contribution is 2.24. The molecular weight excluding hydrogens is 454 g/mol. The van der Waals surface area contributed by atoms with Gasteiger partial charge < -0.3 is 19.4 Å². The molecule has 0 aliphatic rings. The fraction of sp³-hybridized carbons (Fsp3) is 0.207. The number of benzene rings is 3. The first-order valence-corrected chi connectivity index (χ1v) is 11.8. The van der Waals surface area contributed by atoms with E-state index >= 15 is 0 Å². The number of methoxy groups -OCH3 is 1. The van der Waals surface area contributed by atoms with E-state index in [0.717, 1.165) is 16.7 Å². The maximum Gasteiger partial charge on any atom is 0.408 e. The van der Waals surface area contributed by atoms with Crippen molar-refractivity contribution in [3.8, 4) is 0 Å². The Labute approximate surface area is 210 Å². The predicted molar refractivity (Wildman–Crippen MR) is 136 cm³/mol. The molecule has 1 N–H and O–H groups in total. The monoisotopic (exact) mass is 483 g/mol. The Kier molecular flexibility index (Phi) is 8.13. The van der Waals surface area contributed by atoms with E-state index in [0.29, 0.717) is 24.5 Å². The first kappa shape index (κ1) is 24.7. The lowest BCUT2D eigenvalue weighted by Gasteiger charge is -2.21. The van der Waals surface area contributed by atoms with Gasteiger partial charge in [-0.1, -0.05) is 91.0 Å². The van der Waals surface area contributed by atoms with Gasteiger partial charge >= 0.3 is 12.1 Å². The Bertz CT molecular complexity index is 1290. The van der Waals surface area contributed by atoms with Crippen molar-refractivity contribution in [2.45, 2.75) is 32.5 Å². The molecule has 0 fully saturated rings. The first-order chi connectivity index (χ1) is 17.5. The largest absolute Gasteiger partial charge is 0.464 e. The van der Waals surface area contributed by atoms with Crippen LogP contribution in [0, 0.1) is 6.92 Å². The van der Waals surface area contributed by atoms with Gasteiger partial charge in [0.05, 0.1) is 13.2 Å². The summed E-state index contributed by atoms with van der Waals surface area (Å²) in [5, 5.41) is 2.98.